The van der Waals surface area contributed by atoms with Crippen LogP contribution in [0.3, 0.4) is 0 Å². The van der Waals surface area contributed by atoms with Crippen LogP contribution in [-0.2, 0) is 11.2 Å². The Morgan fingerprint density at radius 3 is 2.45 bits per heavy atom. The van der Waals surface area contributed by atoms with Gasteiger partial charge in [0, 0.05) is 30.7 Å². The van der Waals surface area contributed by atoms with Crippen molar-refractivity contribution in [3.05, 3.63) is 99.6 Å². The molecule has 1 N–H and O–H groups in total. The molecule has 0 saturated carbocycles. The molecule has 0 bridgehead atoms. The number of halogens is 2. The van der Waals surface area contributed by atoms with Gasteiger partial charge in [-0.25, -0.2) is 0 Å². The smallest absolute Gasteiger partial charge is 0.296 e. The number of nitrogens with zero attached hydrogens (tertiary/aromatic N) is 3. The van der Waals surface area contributed by atoms with Crippen molar-refractivity contribution in [1.29, 1.82) is 5.26 Å². The predicted octanol–water partition coefficient (Wildman–Crippen LogP) is 4.92. The van der Waals surface area contributed by atoms with Crippen LogP contribution >= 0.6 is 23.2 Å². The number of rotatable bonds is 5. The van der Waals surface area contributed by atoms with E-state index >= 15 is 0 Å². The largest absolute Gasteiger partial charge is 0.320 e. The molecule has 0 spiro atoms. The van der Waals surface area contributed by atoms with Gasteiger partial charge in [-0.15, -0.1) is 0 Å². The fourth-order valence-corrected chi connectivity index (χ4v) is 3.73. The molecule has 3 heterocycles. The van der Waals surface area contributed by atoms with Crippen molar-refractivity contribution >= 4 is 46.1 Å². The van der Waals surface area contributed by atoms with Gasteiger partial charge in [-0.05, 0) is 35.9 Å². The van der Waals surface area contributed by atoms with Gasteiger partial charge >= 0.3 is 0 Å². The maximum Gasteiger partial charge on any atom is 0.296 e. The van der Waals surface area contributed by atoms with Crippen LogP contribution in [0.4, 0.5) is 5.69 Å². The van der Waals surface area contributed by atoms with E-state index in [1.165, 1.54) is 12.4 Å². The number of hydrogen-bond donors (Lipinski definition) is 1. The first-order chi connectivity index (χ1) is 15.0. The summed E-state index contributed by atoms with van der Waals surface area (Å²) in [6.45, 7) is 0. The van der Waals surface area contributed by atoms with Crippen molar-refractivity contribution in [3.8, 4) is 6.07 Å². The number of carbonyl (C=O) groups is 2. The zero-order valence-corrected chi connectivity index (χ0v) is 17.5. The zero-order chi connectivity index (χ0) is 22.0. The van der Waals surface area contributed by atoms with E-state index < -0.39 is 11.7 Å². The first-order valence-electron chi connectivity index (χ1n) is 9.20. The van der Waals surface area contributed by atoms with Crippen LogP contribution < -0.4 is 5.32 Å². The highest BCUT2D eigenvalue weighted by Crippen LogP contribution is 2.29. The van der Waals surface area contributed by atoms with Crippen molar-refractivity contribution < 1.29 is 9.59 Å². The molecule has 0 aliphatic rings. The lowest BCUT2D eigenvalue weighted by atomic mass is 10.1. The Balaban J connectivity index is 1.66. The Bertz CT molecular complexity index is 1330. The minimum absolute atomic E-state index is 0.136. The van der Waals surface area contributed by atoms with Crippen molar-refractivity contribution in [2.24, 2.45) is 0 Å². The summed E-state index contributed by atoms with van der Waals surface area (Å²) >= 11 is 12.1. The Morgan fingerprint density at radius 1 is 1.06 bits per heavy atom. The number of nitriles is 1. The summed E-state index contributed by atoms with van der Waals surface area (Å²) in [7, 11) is 0. The van der Waals surface area contributed by atoms with Crippen LogP contribution in [0.2, 0.25) is 10.0 Å². The maximum absolute atomic E-state index is 13.0. The summed E-state index contributed by atoms with van der Waals surface area (Å²) in [5, 5.41) is 11.7. The molecule has 6 nitrogen and oxygen atoms in total. The van der Waals surface area contributed by atoms with E-state index in [2.05, 4.69) is 16.4 Å². The van der Waals surface area contributed by atoms with E-state index in [4.69, 9.17) is 28.5 Å². The van der Waals surface area contributed by atoms with E-state index in [1.54, 1.807) is 30.3 Å². The summed E-state index contributed by atoms with van der Waals surface area (Å²) in [6.07, 6.45) is 5.02. The van der Waals surface area contributed by atoms with Gasteiger partial charge in [0.05, 0.1) is 38.4 Å². The maximum atomic E-state index is 13.0. The fraction of sp³-hybridized carbons (Fsp3) is 0.0435. The molecule has 0 saturated heterocycles. The third kappa shape index (κ3) is 4.15. The molecule has 1 amide bonds. The van der Waals surface area contributed by atoms with E-state index in [9.17, 15) is 9.59 Å². The zero-order valence-electron chi connectivity index (χ0n) is 16.0. The van der Waals surface area contributed by atoms with E-state index in [0.717, 1.165) is 11.3 Å². The number of carbonyl (C=O) groups excluding carboxylic acids is 2. The lowest BCUT2D eigenvalue weighted by molar-refractivity contribution is -0.112. The average molecular weight is 449 g/mol. The van der Waals surface area contributed by atoms with Gasteiger partial charge in [0.2, 0.25) is 0 Å². The van der Waals surface area contributed by atoms with Crippen molar-refractivity contribution in [1.82, 2.24) is 9.38 Å². The lowest BCUT2D eigenvalue weighted by Crippen LogP contribution is -2.23. The van der Waals surface area contributed by atoms with Crippen LogP contribution in [0, 0.1) is 11.3 Å². The molecule has 0 unspecified atom stereocenters. The Hall–Kier alpha value is -3.66. The topological polar surface area (TPSA) is 87.3 Å². The molecule has 152 valence electrons. The number of benzene rings is 1. The summed E-state index contributed by atoms with van der Waals surface area (Å²) < 4.78 is 1.87. The average Bonchev–Trinajstić information content (AvgIpc) is 3.14. The predicted molar refractivity (Wildman–Crippen MR) is 119 cm³/mol. The van der Waals surface area contributed by atoms with Crippen molar-refractivity contribution in [2.45, 2.75) is 6.42 Å². The first kappa shape index (κ1) is 20.6. The monoisotopic (exact) mass is 448 g/mol. The second-order valence-corrected chi connectivity index (χ2v) is 7.57. The molecule has 0 radical (unpaired) electrons. The van der Waals surface area contributed by atoms with Gasteiger partial charge in [-0.2, -0.15) is 5.26 Å². The third-order valence-corrected chi connectivity index (χ3v) is 5.34. The number of Topliss-reactive ketones (excluding diaryl/α,β-unsaturated/α-hetero) is 1. The highest BCUT2D eigenvalue weighted by Gasteiger charge is 2.23. The second kappa shape index (κ2) is 8.60. The van der Waals surface area contributed by atoms with Gasteiger partial charge in [0.25, 0.3) is 11.7 Å². The van der Waals surface area contributed by atoms with Crippen LogP contribution in [0.25, 0.3) is 5.52 Å². The van der Waals surface area contributed by atoms with Gasteiger partial charge < -0.3 is 9.72 Å². The molecule has 0 atom stereocenters. The quantitative estimate of drug-likeness (QED) is 0.346. The number of pyridine rings is 2. The molecular weight excluding hydrogens is 435 g/mol. The SMILES string of the molecule is N#Cc1ccc(Cc2cc(C(=O)C(=O)Nc3c(Cl)cncc3Cl)c3ccccn23)cc1. The molecule has 1 aromatic carbocycles. The molecule has 3 aromatic heterocycles. The summed E-state index contributed by atoms with van der Waals surface area (Å²) in [4.78, 5) is 29.5. The van der Waals surface area contributed by atoms with Crippen LogP contribution in [0.5, 0.6) is 0 Å². The molecule has 0 fully saturated rings. The summed E-state index contributed by atoms with van der Waals surface area (Å²) in [5.74, 6) is -1.56. The van der Waals surface area contributed by atoms with Gasteiger partial charge in [0.1, 0.15) is 0 Å². The lowest BCUT2D eigenvalue weighted by Gasteiger charge is -2.07. The van der Waals surface area contributed by atoms with E-state index in [1.807, 2.05) is 28.8 Å². The van der Waals surface area contributed by atoms with Crippen LogP contribution in [-0.4, -0.2) is 21.1 Å². The fourth-order valence-electron chi connectivity index (χ4n) is 3.27. The minimum atomic E-state index is -0.851. The number of fused-ring (bicyclic) bond motifs is 1. The molecular formula is C23H14Cl2N4O2. The molecule has 31 heavy (non-hydrogen) atoms. The van der Waals surface area contributed by atoms with Gasteiger partial charge in [0.15, 0.2) is 0 Å². The number of aromatic nitrogens is 2. The molecule has 0 aliphatic carbocycles. The van der Waals surface area contributed by atoms with Crippen molar-refractivity contribution in [3.63, 3.8) is 0 Å². The summed E-state index contributed by atoms with van der Waals surface area (Å²) in [6, 6.07) is 16.4. The molecule has 4 rings (SSSR count). The van der Waals surface area contributed by atoms with Crippen LogP contribution in [0.1, 0.15) is 27.2 Å². The number of ketones is 1. The Kier molecular flexibility index (Phi) is 5.72. The molecule has 0 aliphatic heterocycles. The van der Waals surface area contributed by atoms with E-state index in [-0.39, 0.29) is 21.3 Å². The third-order valence-electron chi connectivity index (χ3n) is 4.77. The number of hydrogen-bond acceptors (Lipinski definition) is 4. The highest BCUT2D eigenvalue weighted by atomic mass is 35.5. The normalized spacial score (nSPS) is 10.6. The Morgan fingerprint density at radius 2 is 1.77 bits per heavy atom. The van der Waals surface area contributed by atoms with Crippen LogP contribution in [0.15, 0.2) is 67.1 Å². The van der Waals surface area contributed by atoms with Gasteiger partial charge in [-0.3, -0.25) is 14.6 Å². The number of nitrogens with one attached hydrogen (secondary N) is 1. The first-order valence-corrected chi connectivity index (χ1v) is 9.96. The standard InChI is InChI=1S/C23H14Cl2N4O2/c24-18-12-27-13-19(25)21(18)28-23(31)22(30)17-10-16(29-8-2-1-3-20(17)29)9-14-4-6-15(11-26)7-5-14/h1-8,10,12-13H,9H2,(H,27,28,31). The highest BCUT2D eigenvalue weighted by molar-refractivity contribution is 6.49. The minimum Gasteiger partial charge on any atom is -0.320 e. The van der Waals surface area contributed by atoms with E-state index in [0.29, 0.717) is 17.5 Å². The van der Waals surface area contributed by atoms with Gasteiger partial charge in [-0.1, -0.05) is 41.4 Å². The Labute approximate surface area is 187 Å². The number of anilines is 1. The summed E-state index contributed by atoms with van der Waals surface area (Å²) in [5.41, 5.74) is 3.39. The second-order valence-electron chi connectivity index (χ2n) is 6.75. The molecule has 8 heteroatoms. The van der Waals surface area contributed by atoms with Crippen molar-refractivity contribution in [2.75, 3.05) is 5.32 Å². The number of amides is 1. The molecule has 4 aromatic rings.